The third kappa shape index (κ3) is 3.08. The lowest BCUT2D eigenvalue weighted by atomic mass is 10.1. The van der Waals surface area contributed by atoms with Gasteiger partial charge in [0.25, 0.3) is 0 Å². The monoisotopic (exact) mass is 348 g/mol. The van der Waals surface area contributed by atoms with Crippen molar-refractivity contribution in [2.24, 2.45) is 0 Å². The molecule has 0 spiro atoms. The molecule has 0 N–H and O–H groups in total. The number of nitrogens with zero attached hydrogens (tertiary/aromatic N) is 4. The summed E-state index contributed by atoms with van der Waals surface area (Å²) in [6, 6.07) is 7.08. The lowest BCUT2D eigenvalue weighted by Gasteiger charge is -2.16. The van der Waals surface area contributed by atoms with E-state index in [1.165, 1.54) is 9.13 Å². The fourth-order valence-corrected chi connectivity index (χ4v) is 2.92. The van der Waals surface area contributed by atoms with Gasteiger partial charge < -0.3 is 13.7 Å². The van der Waals surface area contributed by atoms with Crippen LogP contribution in [-0.4, -0.2) is 19.3 Å². The number of hydrogen-bond acceptors (Lipinski definition) is 5. The third-order valence-corrected chi connectivity index (χ3v) is 4.27. The summed E-state index contributed by atoms with van der Waals surface area (Å²) in [4.78, 5) is 29.1. The number of pyridine rings is 1. The molecule has 0 aliphatic heterocycles. The lowest BCUT2D eigenvalue weighted by molar-refractivity contribution is 0.375. The summed E-state index contributed by atoms with van der Waals surface area (Å²) >= 11 is 0. The zero-order valence-corrected chi connectivity index (χ0v) is 13.9. The highest BCUT2D eigenvalue weighted by atomic mass is 16.5. The highest BCUT2D eigenvalue weighted by Crippen LogP contribution is 2.17. The number of hydrogen-bond donors (Lipinski definition) is 0. The fourth-order valence-electron chi connectivity index (χ4n) is 2.92. The van der Waals surface area contributed by atoms with E-state index < -0.39 is 11.1 Å². The second-order valence-corrected chi connectivity index (χ2v) is 6.02. The van der Waals surface area contributed by atoms with Crippen LogP contribution < -0.4 is 11.1 Å². The van der Waals surface area contributed by atoms with Crippen LogP contribution in [0.5, 0.6) is 0 Å². The molecular weight excluding hydrogens is 332 g/mol. The predicted molar refractivity (Wildman–Crippen MR) is 94.7 cm³/mol. The Balaban J connectivity index is 1.61. The van der Waals surface area contributed by atoms with Crippen molar-refractivity contribution in [3.8, 4) is 11.4 Å². The minimum absolute atomic E-state index is 0.129. The van der Waals surface area contributed by atoms with Gasteiger partial charge in [0.05, 0.1) is 18.3 Å². The van der Waals surface area contributed by atoms with Crippen LogP contribution in [0.1, 0.15) is 24.6 Å². The maximum absolute atomic E-state index is 12.4. The normalized spacial score (nSPS) is 16.1. The first-order valence-corrected chi connectivity index (χ1v) is 8.32. The lowest BCUT2D eigenvalue weighted by Crippen LogP contribution is -2.41. The van der Waals surface area contributed by atoms with Crippen molar-refractivity contribution < 1.29 is 4.52 Å². The second-order valence-electron chi connectivity index (χ2n) is 6.02. The Morgan fingerprint density at radius 1 is 1.19 bits per heavy atom. The Labute approximate surface area is 148 Å². The molecule has 3 aromatic heterocycles. The van der Waals surface area contributed by atoms with Crippen LogP contribution in [0.4, 0.5) is 0 Å². The quantitative estimate of drug-likeness (QED) is 0.533. The minimum atomic E-state index is -0.591. The zero-order valence-electron chi connectivity index (χ0n) is 13.9. The van der Waals surface area contributed by atoms with Crippen LogP contribution >= 0.6 is 0 Å². The van der Waals surface area contributed by atoms with Crippen LogP contribution in [-0.2, 0) is 6.54 Å². The first kappa shape index (κ1) is 16.1. The zero-order chi connectivity index (χ0) is 17.9. The van der Waals surface area contributed by atoms with Gasteiger partial charge in [-0.2, -0.15) is 0 Å². The van der Waals surface area contributed by atoms with Crippen molar-refractivity contribution in [3.63, 3.8) is 0 Å². The van der Waals surface area contributed by atoms with Crippen molar-refractivity contribution in [3.05, 3.63) is 87.2 Å². The number of rotatable bonds is 4. The van der Waals surface area contributed by atoms with Gasteiger partial charge in [0.2, 0.25) is 0 Å². The van der Waals surface area contributed by atoms with Gasteiger partial charge in [-0.1, -0.05) is 11.2 Å². The molecule has 7 heteroatoms. The molecule has 3 heterocycles. The summed E-state index contributed by atoms with van der Waals surface area (Å²) in [5.74, 6) is 0.477. The van der Waals surface area contributed by atoms with Gasteiger partial charge in [0.1, 0.15) is 5.69 Å². The molecule has 0 saturated carbocycles. The van der Waals surface area contributed by atoms with E-state index in [9.17, 15) is 9.59 Å². The van der Waals surface area contributed by atoms with E-state index in [0.717, 1.165) is 12.8 Å². The maximum atomic E-state index is 12.4. The van der Waals surface area contributed by atoms with E-state index in [1.807, 2.05) is 30.4 Å². The minimum Gasteiger partial charge on any atom is -0.359 e. The summed E-state index contributed by atoms with van der Waals surface area (Å²) in [5, 5.41) is 3.97. The van der Waals surface area contributed by atoms with Gasteiger partial charge in [0, 0.05) is 24.7 Å². The summed E-state index contributed by atoms with van der Waals surface area (Å²) in [6.45, 7) is 0.134. The van der Waals surface area contributed by atoms with Crippen LogP contribution in [0.3, 0.4) is 0 Å². The van der Waals surface area contributed by atoms with Crippen molar-refractivity contribution in [1.82, 2.24) is 19.3 Å². The molecular formula is C19H16N4O3. The Bertz CT molecular complexity index is 1100. The molecule has 130 valence electrons. The van der Waals surface area contributed by atoms with Crippen molar-refractivity contribution in [2.75, 3.05) is 0 Å². The maximum Gasteiger partial charge on any atom is 0.317 e. The molecule has 0 amide bonds. The standard InChI is InChI=1S/C19H16N4O3/c24-18-19(25)23(14-6-2-1-3-7-14)11-10-22(18)13-15-12-17(21-26-15)16-8-4-5-9-20-16/h1,4-5,7-12,14H,2,6,13H2. The van der Waals surface area contributed by atoms with Crippen molar-refractivity contribution >= 4 is 0 Å². The molecule has 7 nitrogen and oxygen atoms in total. The SMILES string of the molecule is O=c1c(=O)n(C2C=C=CCC2)ccn1Cc1cc(-c2ccccn2)no1. The first-order valence-electron chi connectivity index (χ1n) is 8.32. The van der Waals surface area contributed by atoms with Crippen molar-refractivity contribution in [1.29, 1.82) is 0 Å². The largest absolute Gasteiger partial charge is 0.359 e. The molecule has 1 atom stereocenters. The summed E-state index contributed by atoms with van der Waals surface area (Å²) in [7, 11) is 0. The Hall–Kier alpha value is -3.44. The molecule has 3 aromatic rings. The molecule has 4 rings (SSSR count). The van der Waals surface area contributed by atoms with Crippen LogP contribution in [0, 0.1) is 0 Å². The topological polar surface area (TPSA) is 82.9 Å². The van der Waals surface area contributed by atoms with E-state index in [-0.39, 0.29) is 12.6 Å². The Morgan fingerprint density at radius 3 is 2.88 bits per heavy atom. The summed E-state index contributed by atoms with van der Waals surface area (Å²) < 4.78 is 8.07. The van der Waals surface area contributed by atoms with E-state index in [4.69, 9.17) is 4.52 Å². The molecule has 1 unspecified atom stereocenters. The van der Waals surface area contributed by atoms with Crippen LogP contribution in [0.15, 0.2) is 74.9 Å². The molecule has 26 heavy (non-hydrogen) atoms. The molecule has 0 fully saturated rings. The smallest absolute Gasteiger partial charge is 0.317 e. The van der Waals surface area contributed by atoms with Gasteiger partial charge in [-0.25, -0.2) is 0 Å². The van der Waals surface area contributed by atoms with E-state index in [1.54, 1.807) is 24.7 Å². The van der Waals surface area contributed by atoms with Crippen LogP contribution in [0.2, 0.25) is 0 Å². The molecule has 0 radical (unpaired) electrons. The second kappa shape index (κ2) is 6.82. The van der Waals surface area contributed by atoms with Gasteiger partial charge in [-0.3, -0.25) is 14.6 Å². The van der Waals surface area contributed by atoms with E-state index in [0.29, 0.717) is 17.1 Å². The Kier molecular flexibility index (Phi) is 4.21. The van der Waals surface area contributed by atoms with Crippen LogP contribution in [0.25, 0.3) is 11.4 Å². The fraction of sp³-hybridized carbons (Fsp3) is 0.211. The number of aromatic nitrogens is 4. The highest BCUT2D eigenvalue weighted by Gasteiger charge is 2.15. The van der Waals surface area contributed by atoms with Crippen molar-refractivity contribution in [2.45, 2.75) is 25.4 Å². The molecule has 1 aliphatic carbocycles. The van der Waals surface area contributed by atoms with Gasteiger partial charge in [-0.05, 0) is 37.1 Å². The highest BCUT2D eigenvalue weighted by molar-refractivity contribution is 5.52. The van der Waals surface area contributed by atoms with Gasteiger partial charge in [0.15, 0.2) is 5.76 Å². The molecule has 0 aromatic carbocycles. The average Bonchev–Trinajstić information content (AvgIpc) is 3.16. The average molecular weight is 348 g/mol. The molecule has 0 saturated heterocycles. The van der Waals surface area contributed by atoms with Gasteiger partial charge >= 0.3 is 11.1 Å². The summed E-state index contributed by atoms with van der Waals surface area (Å²) in [5.41, 5.74) is 3.13. The Morgan fingerprint density at radius 2 is 2.12 bits per heavy atom. The first-order chi connectivity index (χ1) is 12.7. The molecule has 1 aliphatic rings. The summed E-state index contributed by atoms with van der Waals surface area (Å²) in [6.07, 6.45) is 10.3. The molecule has 0 bridgehead atoms. The van der Waals surface area contributed by atoms with Gasteiger partial charge in [-0.15, -0.1) is 5.73 Å². The third-order valence-electron chi connectivity index (χ3n) is 4.27. The van der Waals surface area contributed by atoms with E-state index >= 15 is 0 Å². The van der Waals surface area contributed by atoms with E-state index in [2.05, 4.69) is 15.9 Å². The number of allylic oxidation sites excluding steroid dienone is 1. The predicted octanol–water partition coefficient (Wildman–Crippen LogP) is 2.15.